The van der Waals surface area contributed by atoms with Crippen LogP contribution in [0.3, 0.4) is 0 Å². The molecule has 1 aliphatic rings. The van der Waals surface area contributed by atoms with Crippen molar-refractivity contribution < 1.29 is 4.79 Å². The van der Waals surface area contributed by atoms with E-state index in [9.17, 15) is 4.79 Å². The highest BCUT2D eigenvalue weighted by Gasteiger charge is 2.18. The summed E-state index contributed by atoms with van der Waals surface area (Å²) < 4.78 is 2.01. The Bertz CT molecular complexity index is 920. The van der Waals surface area contributed by atoms with E-state index in [1.165, 1.54) is 23.5 Å². The van der Waals surface area contributed by atoms with Crippen LogP contribution in [-0.4, -0.2) is 37.0 Å². The van der Waals surface area contributed by atoms with E-state index >= 15 is 0 Å². The summed E-state index contributed by atoms with van der Waals surface area (Å²) in [7, 11) is 0. The number of benzene rings is 1. The first-order chi connectivity index (χ1) is 12.2. The van der Waals surface area contributed by atoms with E-state index in [-0.39, 0.29) is 11.7 Å². The lowest BCUT2D eigenvalue weighted by molar-refractivity contribution is 0.101. The van der Waals surface area contributed by atoms with Crippen LogP contribution < -0.4 is 5.32 Å². The number of fused-ring (bicyclic) bond motifs is 1. The van der Waals surface area contributed by atoms with Gasteiger partial charge >= 0.3 is 0 Å². The summed E-state index contributed by atoms with van der Waals surface area (Å²) in [5.74, 6) is 2.59. The van der Waals surface area contributed by atoms with Crippen LogP contribution in [0.1, 0.15) is 32.9 Å². The Hall–Kier alpha value is -2.06. The molecule has 3 aromatic rings. The van der Waals surface area contributed by atoms with E-state index in [1.54, 1.807) is 10.7 Å². The standard InChI is InChI=1S/C17H17N5OS2/c1-11-6-7-18-17-20-14(21-22(11)17)15(23)19-13-5-2-4-12(10-13)16-24-8-3-9-25-16/h2,4-7,10,16H,3,8-9H2,1H3,(H,19,23). The normalized spacial score (nSPS) is 15.4. The molecule has 3 heterocycles. The number of aromatic nitrogens is 4. The minimum absolute atomic E-state index is 0.119. The molecule has 0 unspecified atom stereocenters. The molecule has 1 fully saturated rings. The monoisotopic (exact) mass is 371 g/mol. The van der Waals surface area contributed by atoms with Gasteiger partial charge in [-0.2, -0.15) is 4.98 Å². The average molecular weight is 371 g/mol. The quantitative estimate of drug-likeness (QED) is 0.759. The molecule has 0 saturated carbocycles. The molecular weight excluding hydrogens is 354 g/mol. The fourth-order valence-corrected chi connectivity index (χ4v) is 5.51. The number of carbonyl (C=O) groups is 1. The van der Waals surface area contributed by atoms with Gasteiger partial charge in [-0.25, -0.2) is 9.50 Å². The number of thioether (sulfide) groups is 2. The maximum absolute atomic E-state index is 12.5. The van der Waals surface area contributed by atoms with Gasteiger partial charge in [0.05, 0.1) is 4.58 Å². The summed E-state index contributed by atoms with van der Waals surface area (Å²) in [4.78, 5) is 20.8. The fourth-order valence-electron chi connectivity index (χ4n) is 2.63. The molecule has 1 N–H and O–H groups in total. The van der Waals surface area contributed by atoms with Crippen LogP contribution in [0.2, 0.25) is 0 Å². The number of hydrogen-bond acceptors (Lipinski definition) is 6. The summed E-state index contributed by atoms with van der Waals surface area (Å²) >= 11 is 3.92. The zero-order valence-corrected chi connectivity index (χ0v) is 15.3. The van der Waals surface area contributed by atoms with Gasteiger partial charge in [-0.05, 0) is 48.6 Å². The molecule has 0 spiro atoms. The molecule has 1 amide bonds. The predicted molar refractivity (Wildman–Crippen MR) is 102 cm³/mol. The smallest absolute Gasteiger partial charge is 0.295 e. The molecule has 25 heavy (non-hydrogen) atoms. The second-order valence-corrected chi connectivity index (χ2v) is 8.46. The first-order valence-corrected chi connectivity index (χ1v) is 10.1. The molecule has 0 bridgehead atoms. The molecular formula is C17H17N5OS2. The Balaban J connectivity index is 1.54. The lowest BCUT2D eigenvalue weighted by Crippen LogP contribution is -2.14. The third-order valence-electron chi connectivity index (χ3n) is 3.88. The lowest BCUT2D eigenvalue weighted by Gasteiger charge is -2.21. The van der Waals surface area contributed by atoms with E-state index in [4.69, 9.17) is 0 Å². The highest BCUT2D eigenvalue weighted by molar-refractivity contribution is 8.16. The largest absolute Gasteiger partial charge is 0.319 e. The van der Waals surface area contributed by atoms with Gasteiger partial charge in [-0.1, -0.05) is 12.1 Å². The van der Waals surface area contributed by atoms with Crippen LogP contribution in [0.4, 0.5) is 5.69 Å². The van der Waals surface area contributed by atoms with E-state index in [2.05, 4.69) is 26.4 Å². The van der Waals surface area contributed by atoms with E-state index in [0.717, 1.165) is 11.4 Å². The van der Waals surface area contributed by atoms with Crippen LogP contribution in [-0.2, 0) is 0 Å². The second kappa shape index (κ2) is 7.05. The van der Waals surface area contributed by atoms with Gasteiger partial charge in [-0.15, -0.1) is 28.6 Å². The molecule has 8 heteroatoms. The fraction of sp³-hybridized carbons (Fsp3) is 0.294. The van der Waals surface area contributed by atoms with E-state index < -0.39 is 0 Å². The van der Waals surface area contributed by atoms with Crippen LogP contribution >= 0.6 is 23.5 Å². The number of nitrogens with zero attached hydrogens (tertiary/aromatic N) is 4. The molecule has 4 rings (SSSR count). The Morgan fingerprint density at radius 1 is 1.28 bits per heavy atom. The Labute approximate surface area is 153 Å². The third-order valence-corrected chi connectivity index (χ3v) is 6.89. The van der Waals surface area contributed by atoms with E-state index in [1.807, 2.05) is 54.7 Å². The number of amides is 1. The molecule has 1 aromatic carbocycles. The summed E-state index contributed by atoms with van der Waals surface area (Å²) in [6.07, 6.45) is 2.92. The van der Waals surface area contributed by atoms with Gasteiger partial charge in [0.1, 0.15) is 0 Å². The average Bonchev–Trinajstić information content (AvgIpc) is 3.09. The van der Waals surface area contributed by atoms with Crippen LogP contribution in [0.5, 0.6) is 0 Å². The number of aryl methyl sites for hydroxylation is 1. The maximum atomic E-state index is 12.5. The minimum Gasteiger partial charge on any atom is -0.319 e. The Morgan fingerprint density at radius 3 is 2.92 bits per heavy atom. The number of hydrogen-bond donors (Lipinski definition) is 1. The highest BCUT2D eigenvalue weighted by atomic mass is 32.2. The van der Waals surface area contributed by atoms with Gasteiger partial charge < -0.3 is 5.32 Å². The summed E-state index contributed by atoms with van der Waals surface area (Å²) in [5.41, 5.74) is 2.87. The van der Waals surface area contributed by atoms with Crippen molar-refractivity contribution in [3.05, 3.63) is 53.6 Å². The Kier molecular flexibility index (Phi) is 4.63. The van der Waals surface area contributed by atoms with Crippen LogP contribution in [0, 0.1) is 6.92 Å². The minimum atomic E-state index is -0.328. The first-order valence-electron chi connectivity index (χ1n) is 8.03. The summed E-state index contributed by atoms with van der Waals surface area (Å²) in [5, 5.41) is 7.14. The zero-order valence-electron chi connectivity index (χ0n) is 13.7. The van der Waals surface area contributed by atoms with Crippen molar-refractivity contribution in [2.45, 2.75) is 17.9 Å². The molecule has 6 nitrogen and oxygen atoms in total. The van der Waals surface area contributed by atoms with Gasteiger partial charge in [0.25, 0.3) is 11.7 Å². The maximum Gasteiger partial charge on any atom is 0.295 e. The topological polar surface area (TPSA) is 72.2 Å². The highest BCUT2D eigenvalue weighted by Crippen LogP contribution is 2.44. The molecule has 128 valence electrons. The predicted octanol–water partition coefficient (Wildman–Crippen LogP) is 3.55. The van der Waals surface area contributed by atoms with E-state index in [0.29, 0.717) is 10.4 Å². The number of nitrogens with one attached hydrogen (secondary N) is 1. The molecule has 0 radical (unpaired) electrons. The van der Waals surface area contributed by atoms with Crippen LogP contribution in [0.15, 0.2) is 36.5 Å². The van der Waals surface area contributed by atoms with Gasteiger partial charge in [0.15, 0.2) is 0 Å². The first kappa shape index (κ1) is 16.4. The molecule has 0 atom stereocenters. The van der Waals surface area contributed by atoms with Crippen molar-refractivity contribution >= 4 is 40.9 Å². The SMILES string of the molecule is Cc1ccnc2nc(C(=O)Nc3cccc(C4SCCCS4)c3)nn12. The molecule has 2 aromatic heterocycles. The number of anilines is 1. The van der Waals surface area contributed by atoms with Crippen molar-refractivity contribution in [2.24, 2.45) is 0 Å². The molecule has 0 aliphatic carbocycles. The molecule has 1 saturated heterocycles. The van der Waals surface area contributed by atoms with Crippen molar-refractivity contribution in [1.29, 1.82) is 0 Å². The van der Waals surface area contributed by atoms with Gasteiger partial charge in [0.2, 0.25) is 5.82 Å². The van der Waals surface area contributed by atoms with Crippen molar-refractivity contribution in [3.63, 3.8) is 0 Å². The van der Waals surface area contributed by atoms with Crippen LogP contribution in [0.25, 0.3) is 5.78 Å². The van der Waals surface area contributed by atoms with Gasteiger partial charge in [0, 0.05) is 17.6 Å². The van der Waals surface area contributed by atoms with Crippen molar-refractivity contribution in [2.75, 3.05) is 16.8 Å². The van der Waals surface area contributed by atoms with Gasteiger partial charge in [-0.3, -0.25) is 4.79 Å². The Morgan fingerprint density at radius 2 is 2.12 bits per heavy atom. The summed E-state index contributed by atoms with van der Waals surface area (Å²) in [6.45, 7) is 1.90. The lowest BCUT2D eigenvalue weighted by atomic mass is 10.2. The van der Waals surface area contributed by atoms with Crippen molar-refractivity contribution in [1.82, 2.24) is 19.6 Å². The summed E-state index contributed by atoms with van der Waals surface area (Å²) in [6, 6.07) is 9.84. The number of rotatable bonds is 3. The second-order valence-electron chi connectivity index (χ2n) is 5.74. The molecule has 1 aliphatic heterocycles. The third kappa shape index (κ3) is 3.50. The number of carbonyl (C=O) groups excluding carboxylic acids is 1. The van der Waals surface area contributed by atoms with Crippen molar-refractivity contribution in [3.8, 4) is 0 Å². The zero-order chi connectivity index (χ0) is 17.2.